The topological polar surface area (TPSA) is 83.8 Å². The highest BCUT2D eigenvalue weighted by Crippen LogP contribution is 2.26. The van der Waals surface area contributed by atoms with Gasteiger partial charge in [0.2, 0.25) is 0 Å². The van der Waals surface area contributed by atoms with Gasteiger partial charge in [-0.3, -0.25) is 9.89 Å². The van der Waals surface area contributed by atoms with Crippen LogP contribution in [-0.4, -0.2) is 33.7 Å². The highest BCUT2D eigenvalue weighted by Gasteiger charge is 2.23. The summed E-state index contributed by atoms with van der Waals surface area (Å²) in [5.74, 6) is 0.238. The Morgan fingerprint density at radius 3 is 3.12 bits per heavy atom. The summed E-state index contributed by atoms with van der Waals surface area (Å²) in [6.07, 6.45) is 6.68. The van der Waals surface area contributed by atoms with Crippen LogP contribution < -0.4 is 11.1 Å². The van der Waals surface area contributed by atoms with Gasteiger partial charge in [-0.05, 0) is 25.5 Å². The minimum absolute atomic E-state index is 0.110. The molecule has 94 valence electrons. The van der Waals surface area contributed by atoms with E-state index in [0.717, 1.165) is 12.8 Å². The molecule has 4 N–H and O–H groups in total. The van der Waals surface area contributed by atoms with Gasteiger partial charge in [0, 0.05) is 17.4 Å². The van der Waals surface area contributed by atoms with Crippen molar-refractivity contribution >= 4 is 23.5 Å². The van der Waals surface area contributed by atoms with Gasteiger partial charge >= 0.3 is 0 Å². The Hall–Kier alpha value is -1.17. The molecule has 2 rings (SSSR count). The first-order valence-corrected chi connectivity index (χ1v) is 7.12. The van der Waals surface area contributed by atoms with E-state index in [1.54, 1.807) is 6.07 Å². The predicted molar refractivity (Wildman–Crippen MR) is 70.0 cm³/mol. The van der Waals surface area contributed by atoms with Gasteiger partial charge in [-0.25, -0.2) is 0 Å². The van der Waals surface area contributed by atoms with Crippen LogP contribution in [0.2, 0.25) is 0 Å². The molecule has 6 heteroatoms. The molecule has 2 unspecified atom stereocenters. The summed E-state index contributed by atoms with van der Waals surface area (Å²) in [5, 5.41) is 10.1. The van der Waals surface area contributed by atoms with Crippen LogP contribution in [-0.2, 0) is 0 Å². The summed E-state index contributed by atoms with van der Waals surface area (Å²) in [4.78, 5) is 11.9. The average molecular weight is 254 g/mol. The molecule has 1 aliphatic rings. The van der Waals surface area contributed by atoms with Gasteiger partial charge in [-0.2, -0.15) is 16.9 Å². The van der Waals surface area contributed by atoms with Gasteiger partial charge in [0.1, 0.15) is 11.5 Å². The molecule has 1 amide bonds. The summed E-state index contributed by atoms with van der Waals surface area (Å²) in [5.41, 5.74) is 5.91. The number of nitrogens with zero attached hydrogens (tertiary/aromatic N) is 1. The van der Waals surface area contributed by atoms with Crippen molar-refractivity contribution in [1.29, 1.82) is 0 Å². The minimum Gasteiger partial charge on any atom is -0.382 e. The first-order chi connectivity index (χ1) is 8.19. The van der Waals surface area contributed by atoms with Crippen molar-refractivity contribution in [1.82, 2.24) is 15.5 Å². The number of hydrogen-bond donors (Lipinski definition) is 3. The van der Waals surface area contributed by atoms with Gasteiger partial charge in [0.15, 0.2) is 0 Å². The fraction of sp³-hybridized carbons (Fsp3) is 0.636. The van der Waals surface area contributed by atoms with E-state index in [1.165, 1.54) is 12.8 Å². The third kappa shape index (κ3) is 3.15. The molecule has 0 spiro atoms. The monoisotopic (exact) mass is 254 g/mol. The van der Waals surface area contributed by atoms with E-state index < -0.39 is 0 Å². The first-order valence-electron chi connectivity index (χ1n) is 5.83. The molecule has 0 aromatic carbocycles. The summed E-state index contributed by atoms with van der Waals surface area (Å²) >= 11 is 1.89. The lowest BCUT2D eigenvalue weighted by Gasteiger charge is -2.28. The maximum atomic E-state index is 11.9. The Bertz CT molecular complexity index is 393. The van der Waals surface area contributed by atoms with Crippen molar-refractivity contribution < 1.29 is 4.79 Å². The number of carbonyl (C=O) groups is 1. The van der Waals surface area contributed by atoms with Gasteiger partial charge in [-0.15, -0.1) is 0 Å². The van der Waals surface area contributed by atoms with Crippen molar-refractivity contribution in [2.75, 3.05) is 12.0 Å². The number of nitrogens with one attached hydrogen (secondary N) is 2. The van der Waals surface area contributed by atoms with Crippen LogP contribution in [0.4, 0.5) is 5.82 Å². The van der Waals surface area contributed by atoms with Gasteiger partial charge in [0.25, 0.3) is 5.91 Å². The number of hydrogen-bond acceptors (Lipinski definition) is 4. The smallest absolute Gasteiger partial charge is 0.269 e. The number of anilines is 1. The molecule has 1 saturated carbocycles. The van der Waals surface area contributed by atoms with Crippen molar-refractivity contribution in [3.8, 4) is 0 Å². The van der Waals surface area contributed by atoms with Crippen LogP contribution >= 0.6 is 11.8 Å². The van der Waals surface area contributed by atoms with Crippen molar-refractivity contribution in [2.45, 2.75) is 37.0 Å². The second-order valence-electron chi connectivity index (χ2n) is 4.40. The van der Waals surface area contributed by atoms with E-state index in [-0.39, 0.29) is 11.9 Å². The highest BCUT2D eigenvalue weighted by atomic mass is 32.2. The normalized spacial score (nSPS) is 24.5. The average Bonchev–Trinajstić information content (AvgIpc) is 2.76. The number of amides is 1. The van der Waals surface area contributed by atoms with Crippen LogP contribution in [0.5, 0.6) is 0 Å². The number of thioether (sulfide) groups is 1. The number of H-pyrrole nitrogens is 1. The zero-order valence-electron chi connectivity index (χ0n) is 9.90. The number of carbonyl (C=O) groups excluding carboxylic acids is 1. The summed E-state index contributed by atoms with van der Waals surface area (Å²) in [7, 11) is 0. The van der Waals surface area contributed by atoms with E-state index in [2.05, 4.69) is 21.8 Å². The molecule has 1 heterocycles. The lowest BCUT2D eigenvalue weighted by molar-refractivity contribution is 0.0923. The maximum Gasteiger partial charge on any atom is 0.269 e. The molecule has 1 aliphatic carbocycles. The molecular weight excluding hydrogens is 236 g/mol. The van der Waals surface area contributed by atoms with E-state index in [9.17, 15) is 4.79 Å². The largest absolute Gasteiger partial charge is 0.382 e. The first kappa shape index (κ1) is 12.3. The lowest BCUT2D eigenvalue weighted by atomic mass is 9.95. The standard InChI is InChI=1S/C11H18N4OS/c1-17-8-4-2-3-7(5-8)13-11(16)9-6-10(12)15-14-9/h6-8H,2-5H2,1H3,(H,13,16)(H3,12,14,15). The third-order valence-corrected chi connectivity index (χ3v) is 4.23. The van der Waals surface area contributed by atoms with E-state index >= 15 is 0 Å². The second kappa shape index (κ2) is 5.44. The van der Waals surface area contributed by atoms with E-state index in [4.69, 9.17) is 5.73 Å². The molecule has 0 aliphatic heterocycles. The van der Waals surface area contributed by atoms with E-state index in [0.29, 0.717) is 16.8 Å². The molecule has 2 atom stereocenters. The molecular formula is C11H18N4OS. The summed E-state index contributed by atoms with van der Waals surface area (Å²) in [6.45, 7) is 0. The predicted octanol–water partition coefficient (Wildman–Crippen LogP) is 1.40. The number of rotatable bonds is 3. The van der Waals surface area contributed by atoms with Crippen molar-refractivity contribution in [3.05, 3.63) is 11.8 Å². The summed E-state index contributed by atoms with van der Waals surface area (Å²) in [6, 6.07) is 1.84. The van der Waals surface area contributed by atoms with Crippen LogP contribution in [0.1, 0.15) is 36.2 Å². The zero-order chi connectivity index (χ0) is 12.3. The number of nitrogen functional groups attached to an aromatic ring is 1. The molecule has 0 saturated heterocycles. The van der Waals surface area contributed by atoms with Crippen LogP contribution in [0, 0.1) is 0 Å². The minimum atomic E-state index is -0.110. The highest BCUT2D eigenvalue weighted by molar-refractivity contribution is 7.99. The van der Waals surface area contributed by atoms with Crippen molar-refractivity contribution in [3.63, 3.8) is 0 Å². The quantitative estimate of drug-likeness (QED) is 0.761. The molecule has 0 bridgehead atoms. The lowest BCUT2D eigenvalue weighted by Crippen LogP contribution is -2.39. The van der Waals surface area contributed by atoms with Crippen molar-refractivity contribution in [2.24, 2.45) is 0 Å². The van der Waals surface area contributed by atoms with Gasteiger partial charge in [-0.1, -0.05) is 6.42 Å². The fourth-order valence-electron chi connectivity index (χ4n) is 2.21. The Balaban J connectivity index is 1.90. The Morgan fingerprint density at radius 1 is 1.65 bits per heavy atom. The Kier molecular flexibility index (Phi) is 3.93. The third-order valence-electron chi connectivity index (χ3n) is 3.14. The second-order valence-corrected chi connectivity index (χ2v) is 5.54. The molecule has 1 aromatic rings. The summed E-state index contributed by atoms with van der Waals surface area (Å²) < 4.78 is 0. The SMILES string of the molecule is CSC1CCCC(NC(=O)c2cc(N)n[nH]2)C1. The van der Waals surface area contributed by atoms with Crippen LogP contribution in [0.3, 0.4) is 0 Å². The molecule has 5 nitrogen and oxygen atoms in total. The molecule has 1 fully saturated rings. The fourth-order valence-corrected chi connectivity index (χ4v) is 3.03. The molecule has 0 radical (unpaired) electrons. The molecule has 1 aromatic heterocycles. The van der Waals surface area contributed by atoms with Gasteiger partial charge < -0.3 is 11.1 Å². The Morgan fingerprint density at radius 2 is 2.47 bits per heavy atom. The number of aromatic amines is 1. The van der Waals surface area contributed by atoms with Crippen LogP contribution in [0.25, 0.3) is 0 Å². The number of nitrogens with two attached hydrogens (primary N) is 1. The van der Waals surface area contributed by atoms with Gasteiger partial charge in [0.05, 0.1) is 0 Å². The number of aromatic nitrogens is 2. The Labute approximate surface area is 105 Å². The van der Waals surface area contributed by atoms with E-state index in [1.807, 2.05) is 11.8 Å². The molecule has 17 heavy (non-hydrogen) atoms. The zero-order valence-corrected chi connectivity index (χ0v) is 10.7. The van der Waals surface area contributed by atoms with Crippen LogP contribution in [0.15, 0.2) is 6.07 Å². The maximum absolute atomic E-state index is 11.9.